The second-order valence-corrected chi connectivity index (χ2v) is 11.3. The number of aliphatic hydroxyl groups excluding tert-OH is 1. The average Bonchev–Trinajstić information content (AvgIpc) is 2.74. The van der Waals surface area contributed by atoms with E-state index in [1.807, 2.05) is 31.2 Å². The maximum absolute atomic E-state index is 10.8. The molecule has 5 heteroatoms. The van der Waals surface area contributed by atoms with Crippen molar-refractivity contribution in [2.24, 2.45) is 21.9 Å². The molecule has 0 bridgehead atoms. The third-order valence-corrected chi connectivity index (χ3v) is 6.52. The lowest BCUT2D eigenvalue weighted by atomic mass is 9.61. The van der Waals surface area contributed by atoms with Crippen LogP contribution < -0.4 is 9.47 Å². The maximum atomic E-state index is 10.8. The van der Waals surface area contributed by atoms with Crippen LogP contribution in [0.5, 0.6) is 11.5 Å². The lowest BCUT2D eigenvalue weighted by molar-refractivity contribution is 0.122. The molecule has 0 radical (unpaired) electrons. The molecule has 2 aromatic carbocycles. The highest BCUT2D eigenvalue weighted by atomic mass is 16.5. The van der Waals surface area contributed by atoms with Crippen LogP contribution in [0.1, 0.15) is 83.1 Å². The minimum atomic E-state index is -0.159. The Labute approximate surface area is 205 Å². The molecule has 5 nitrogen and oxygen atoms in total. The number of hydrogen-bond acceptors (Lipinski definition) is 5. The molecule has 0 saturated carbocycles. The minimum Gasteiger partial charge on any atom is -0.490 e. The molecule has 0 heterocycles. The van der Waals surface area contributed by atoms with Crippen molar-refractivity contribution >= 4 is 0 Å². The monoisotopic (exact) mass is 469 g/mol. The summed E-state index contributed by atoms with van der Waals surface area (Å²) in [5.41, 5.74) is 4.01. The van der Waals surface area contributed by atoms with Gasteiger partial charge < -0.3 is 14.6 Å². The van der Waals surface area contributed by atoms with Crippen LogP contribution in [-0.4, -0.2) is 18.3 Å². The van der Waals surface area contributed by atoms with Gasteiger partial charge in [0.05, 0.1) is 6.61 Å². The molecule has 188 valence electrons. The fourth-order valence-corrected chi connectivity index (χ4v) is 5.18. The lowest BCUT2D eigenvalue weighted by Crippen LogP contribution is -2.34. The minimum absolute atomic E-state index is 0.00853. The predicted octanol–water partition coefficient (Wildman–Crippen LogP) is 7.41. The van der Waals surface area contributed by atoms with E-state index in [1.54, 1.807) is 0 Å². The fraction of sp³-hybridized carbons (Fsp3) is 0.586. The molecule has 0 aromatic heterocycles. The largest absolute Gasteiger partial charge is 0.490 e. The van der Waals surface area contributed by atoms with Crippen molar-refractivity contribution < 1.29 is 14.6 Å². The van der Waals surface area contributed by atoms with Crippen LogP contribution in [0, 0.1) is 28.6 Å². The molecule has 2 rings (SSSR count). The Kier molecular flexibility index (Phi) is 9.69. The summed E-state index contributed by atoms with van der Waals surface area (Å²) in [6.45, 7) is 18.7. The molecule has 2 aromatic rings. The first kappa shape index (κ1) is 27.8. The van der Waals surface area contributed by atoms with Crippen molar-refractivity contribution in [3.63, 3.8) is 0 Å². The third-order valence-electron chi connectivity index (χ3n) is 6.52. The number of benzene rings is 2. The van der Waals surface area contributed by atoms with Crippen LogP contribution in [0.3, 0.4) is 0 Å². The number of rotatable bonds is 11. The van der Waals surface area contributed by atoms with Gasteiger partial charge in [-0.15, -0.1) is 0 Å². The molecule has 2 atom stereocenters. The Morgan fingerprint density at radius 1 is 0.912 bits per heavy atom. The van der Waals surface area contributed by atoms with Gasteiger partial charge in [-0.1, -0.05) is 89.9 Å². The van der Waals surface area contributed by atoms with Crippen molar-refractivity contribution in [3.8, 4) is 11.5 Å². The fourth-order valence-electron chi connectivity index (χ4n) is 5.18. The van der Waals surface area contributed by atoms with Gasteiger partial charge in [0, 0.05) is 11.1 Å². The van der Waals surface area contributed by atoms with Gasteiger partial charge in [-0.3, -0.25) is 0 Å². The second kappa shape index (κ2) is 11.8. The Morgan fingerprint density at radius 2 is 1.50 bits per heavy atom. The van der Waals surface area contributed by atoms with E-state index < -0.39 is 0 Å². The van der Waals surface area contributed by atoms with Crippen molar-refractivity contribution in [1.29, 1.82) is 0 Å². The van der Waals surface area contributed by atoms with Crippen LogP contribution in [0.2, 0.25) is 0 Å². The van der Waals surface area contributed by atoms with E-state index in [-0.39, 0.29) is 24.0 Å². The molecule has 2 unspecified atom stereocenters. The van der Waals surface area contributed by atoms with Gasteiger partial charge in [-0.2, -0.15) is 4.91 Å². The Morgan fingerprint density at radius 3 is 2.00 bits per heavy atom. The smallest absolute Gasteiger partial charge is 0.130 e. The highest BCUT2D eigenvalue weighted by molar-refractivity contribution is 5.44. The summed E-state index contributed by atoms with van der Waals surface area (Å²) in [5, 5.41) is 12.7. The molecule has 0 aliphatic heterocycles. The first-order chi connectivity index (χ1) is 15.9. The summed E-state index contributed by atoms with van der Waals surface area (Å²) in [6.07, 6.45) is 1.14. The van der Waals surface area contributed by atoms with Crippen LogP contribution in [0.15, 0.2) is 41.6 Å². The zero-order chi connectivity index (χ0) is 25.5. The van der Waals surface area contributed by atoms with Crippen molar-refractivity contribution in [2.75, 3.05) is 13.2 Å². The lowest BCUT2D eigenvalue weighted by Gasteiger charge is -2.44. The molecule has 0 aliphatic rings. The van der Waals surface area contributed by atoms with E-state index in [9.17, 15) is 10.0 Å². The third kappa shape index (κ3) is 7.30. The highest BCUT2D eigenvalue weighted by Crippen LogP contribution is 2.49. The van der Waals surface area contributed by atoms with Gasteiger partial charge in [0.15, 0.2) is 0 Å². The van der Waals surface area contributed by atoms with Gasteiger partial charge >= 0.3 is 0 Å². The summed E-state index contributed by atoms with van der Waals surface area (Å²) >= 11 is 0. The molecule has 34 heavy (non-hydrogen) atoms. The van der Waals surface area contributed by atoms with Crippen LogP contribution in [0.4, 0.5) is 0 Å². The molecule has 0 saturated heterocycles. The van der Waals surface area contributed by atoms with E-state index in [1.165, 1.54) is 5.56 Å². The van der Waals surface area contributed by atoms with Crippen LogP contribution in [-0.2, 0) is 13.2 Å². The highest BCUT2D eigenvalue weighted by Gasteiger charge is 2.38. The molecule has 0 amide bonds. The second-order valence-electron chi connectivity index (χ2n) is 11.3. The molecule has 0 spiro atoms. The molecular formula is C29H43NO4. The predicted molar refractivity (Wildman–Crippen MR) is 139 cm³/mol. The van der Waals surface area contributed by atoms with E-state index in [4.69, 9.17) is 9.47 Å². The SMILES string of the molecule is CCC(C(c1ccc(OCCOc2c(CO)cc(C)cc2CN=O)cc1)C(C)(C)C)C(C)(C)C. The number of nitroso groups, excluding NO2 is 1. The topological polar surface area (TPSA) is 68.1 Å². The Balaban J connectivity index is 2.08. The van der Waals surface area contributed by atoms with Gasteiger partial charge in [-0.25, -0.2) is 0 Å². The summed E-state index contributed by atoms with van der Waals surface area (Å²) in [6, 6.07) is 12.2. The van der Waals surface area contributed by atoms with Gasteiger partial charge in [0.2, 0.25) is 0 Å². The van der Waals surface area contributed by atoms with Crippen molar-refractivity contribution in [3.05, 3.63) is 63.6 Å². The van der Waals surface area contributed by atoms with Gasteiger partial charge in [0.1, 0.15) is 31.3 Å². The van der Waals surface area contributed by atoms with Gasteiger partial charge in [-0.05, 0) is 47.3 Å². The van der Waals surface area contributed by atoms with E-state index >= 15 is 0 Å². The quantitative estimate of drug-likeness (QED) is 0.275. The molecule has 1 N–H and O–H groups in total. The summed E-state index contributed by atoms with van der Waals surface area (Å²) < 4.78 is 11.8. The first-order valence-electron chi connectivity index (χ1n) is 12.3. The first-order valence-corrected chi connectivity index (χ1v) is 12.3. The summed E-state index contributed by atoms with van der Waals surface area (Å²) in [4.78, 5) is 10.8. The summed E-state index contributed by atoms with van der Waals surface area (Å²) in [5.74, 6) is 2.33. The molecule has 0 fully saturated rings. The molecule has 0 aliphatic carbocycles. The van der Waals surface area contributed by atoms with Crippen molar-refractivity contribution in [2.45, 2.75) is 80.9 Å². The van der Waals surface area contributed by atoms with Crippen molar-refractivity contribution in [1.82, 2.24) is 0 Å². The number of aliphatic hydroxyl groups is 1. The number of ether oxygens (including phenoxy) is 2. The zero-order valence-electron chi connectivity index (χ0n) is 22.3. The average molecular weight is 470 g/mol. The zero-order valence-corrected chi connectivity index (χ0v) is 22.3. The number of hydrogen-bond donors (Lipinski definition) is 1. The van der Waals surface area contributed by atoms with Crippen LogP contribution >= 0.6 is 0 Å². The van der Waals surface area contributed by atoms with Gasteiger partial charge in [0.25, 0.3) is 0 Å². The normalized spacial score (nSPS) is 13.9. The Hall–Kier alpha value is -2.40. The van der Waals surface area contributed by atoms with E-state index in [0.29, 0.717) is 41.9 Å². The maximum Gasteiger partial charge on any atom is 0.130 e. The van der Waals surface area contributed by atoms with E-state index in [0.717, 1.165) is 17.7 Å². The Bertz CT molecular complexity index is 923. The number of nitrogens with zero attached hydrogens (tertiary/aromatic N) is 1. The van der Waals surface area contributed by atoms with Crippen LogP contribution in [0.25, 0.3) is 0 Å². The van der Waals surface area contributed by atoms with E-state index in [2.05, 4.69) is 65.8 Å². The number of aryl methyl sites for hydroxylation is 1. The standard InChI is InChI=1S/C29H43NO4/c1-9-25(28(3,4)5)26(29(6,7)8)21-10-12-24(13-11-21)33-14-15-34-27-22(18-30-32)16-20(2)17-23(27)19-31/h10-13,16-17,25-26,31H,9,14-15,18-19H2,1-8H3. The summed E-state index contributed by atoms with van der Waals surface area (Å²) in [7, 11) is 0. The molecular weight excluding hydrogens is 426 g/mol.